The summed E-state index contributed by atoms with van der Waals surface area (Å²) in [5.41, 5.74) is 0.737. The summed E-state index contributed by atoms with van der Waals surface area (Å²) in [6.45, 7) is 0.745. The van der Waals surface area contributed by atoms with Gasteiger partial charge in [-0.2, -0.15) is 4.98 Å². The molecule has 0 amide bonds. The van der Waals surface area contributed by atoms with Crippen molar-refractivity contribution >= 4 is 0 Å². The Morgan fingerprint density at radius 1 is 1.28 bits per heavy atom. The Morgan fingerprint density at radius 3 is 3.00 bits per heavy atom. The summed E-state index contributed by atoms with van der Waals surface area (Å²) in [6, 6.07) is 6.79. The fourth-order valence-corrected chi connectivity index (χ4v) is 2.06. The molecule has 1 atom stereocenters. The number of hydrogen-bond acceptors (Lipinski definition) is 5. The van der Waals surface area contributed by atoms with Crippen molar-refractivity contribution in [1.82, 2.24) is 10.1 Å². The fraction of sp³-hybridized carbons (Fsp3) is 0.385. The predicted octanol–water partition coefficient (Wildman–Crippen LogP) is 2.68. The molecule has 2 aromatic rings. The van der Waals surface area contributed by atoms with Crippen LogP contribution >= 0.6 is 0 Å². The number of phenolic OH excluding ortho intramolecular Hbond substituents is 1. The van der Waals surface area contributed by atoms with E-state index >= 15 is 0 Å². The quantitative estimate of drug-likeness (QED) is 0.882. The Labute approximate surface area is 104 Å². The first-order chi connectivity index (χ1) is 8.83. The second kappa shape index (κ2) is 4.78. The maximum Gasteiger partial charge on any atom is 0.256 e. The van der Waals surface area contributed by atoms with Crippen molar-refractivity contribution in [2.24, 2.45) is 0 Å². The third-order valence-electron chi connectivity index (χ3n) is 3.00. The molecule has 1 N–H and O–H groups in total. The van der Waals surface area contributed by atoms with Gasteiger partial charge in [-0.05, 0) is 31.4 Å². The lowest BCUT2D eigenvalue weighted by Crippen LogP contribution is -2.11. The van der Waals surface area contributed by atoms with E-state index in [1.165, 1.54) is 0 Å². The van der Waals surface area contributed by atoms with Gasteiger partial charge in [-0.1, -0.05) is 17.3 Å². The van der Waals surface area contributed by atoms with Crippen molar-refractivity contribution < 1.29 is 14.4 Å². The molecule has 94 valence electrons. The summed E-state index contributed by atoms with van der Waals surface area (Å²) in [4.78, 5) is 4.33. The smallest absolute Gasteiger partial charge is 0.256 e. The normalized spacial score (nSPS) is 19.9. The zero-order valence-electron chi connectivity index (χ0n) is 9.87. The van der Waals surface area contributed by atoms with Gasteiger partial charge in [0.2, 0.25) is 5.82 Å². The Hall–Kier alpha value is -1.88. The van der Waals surface area contributed by atoms with Crippen LogP contribution in [0.3, 0.4) is 0 Å². The molecule has 5 heteroatoms. The van der Waals surface area contributed by atoms with Crippen molar-refractivity contribution in [3.63, 3.8) is 0 Å². The van der Waals surface area contributed by atoms with Crippen molar-refractivity contribution in [3.05, 3.63) is 30.2 Å². The minimum atomic E-state index is -0.0858. The zero-order valence-corrected chi connectivity index (χ0v) is 9.87. The number of hydrogen-bond donors (Lipinski definition) is 1. The molecule has 1 fully saturated rings. The van der Waals surface area contributed by atoms with Crippen molar-refractivity contribution in [2.75, 3.05) is 6.61 Å². The van der Waals surface area contributed by atoms with Gasteiger partial charge in [-0.3, -0.25) is 0 Å². The van der Waals surface area contributed by atoms with Gasteiger partial charge in [0.05, 0.1) is 0 Å². The van der Waals surface area contributed by atoms with Gasteiger partial charge in [0.1, 0.15) is 11.9 Å². The molecule has 0 radical (unpaired) electrons. The number of ether oxygens (including phenoxy) is 1. The number of benzene rings is 1. The van der Waals surface area contributed by atoms with Crippen LogP contribution in [-0.4, -0.2) is 21.9 Å². The standard InChI is InChI=1S/C13H14N2O3/c16-10-5-3-4-9(8-10)12-14-13(18-15-12)11-6-1-2-7-17-11/h3-5,8,11,16H,1-2,6-7H2. The minimum Gasteiger partial charge on any atom is -0.508 e. The molecule has 0 spiro atoms. The molecule has 1 aliphatic rings. The average molecular weight is 246 g/mol. The maximum atomic E-state index is 9.42. The van der Waals surface area contributed by atoms with Crippen molar-refractivity contribution in [2.45, 2.75) is 25.4 Å². The van der Waals surface area contributed by atoms with Gasteiger partial charge in [0.25, 0.3) is 5.89 Å². The van der Waals surface area contributed by atoms with E-state index in [1.807, 2.05) is 6.07 Å². The van der Waals surface area contributed by atoms with Crippen molar-refractivity contribution in [3.8, 4) is 17.1 Å². The van der Waals surface area contributed by atoms with E-state index in [0.29, 0.717) is 11.7 Å². The van der Waals surface area contributed by atoms with Gasteiger partial charge in [-0.25, -0.2) is 0 Å². The van der Waals surface area contributed by atoms with Crippen LogP contribution < -0.4 is 0 Å². The van der Waals surface area contributed by atoms with Gasteiger partial charge in [-0.15, -0.1) is 0 Å². The fourth-order valence-electron chi connectivity index (χ4n) is 2.06. The lowest BCUT2D eigenvalue weighted by molar-refractivity contribution is -0.00459. The lowest BCUT2D eigenvalue weighted by Gasteiger charge is -2.18. The Balaban J connectivity index is 1.84. The summed E-state index contributed by atoms with van der Waals surface area (Å²) >= 11 is 0. The highest BCUT2D eigenvalue weighted by molar-refractivity contribution is 5.56. The molecule has 1 aliphatic heterocycles. The second-order valence-corrected chi connectivity index (χ2v) is 4.36. The molecule has 18 heavy (non-hydrogen) atoms. The Bertz CT molecular complexity index is 533. The molecule has 1 aromatic carbocycles. The molecule has 2 heterocycles. The number of aromatic nitrogens is 2. The Morgan fingerprint density at radius 2 is 2.22 bits per heavy atom. The van der Waals surface area contributed by atoms with E-state index in [1.54, 1.807) is 18.2 Å². The average Bonchev–Trinajstić information content (AvgIpc) is 2.89. The minimum absolute atomic E-state index is 0.0858. The number of rotatable bonds is 2. The Kier molecular flexibility index (Phi) is 2.98. The number of aromatic hydroxyl groups is 1. The van der Waals surface area contributed by atoms with Gasteiger partial charge in [0, 0.05) is 12.2 Å². The van der Waals surface area contributed by atoms with Gasteiger partial charge >= 0.3 is 0 Å². The molecule has 3 rings (SSSR count). The van der Waals surface area contributed by atoms with Crippen molar-refractivity contribution in [1.29, 1.82) is 0 Å². The van der Waals surface area contributed by atoms with E-state index in [0.717, 1.165) is 31.4 Å². The van der Waals surface area contributed by atoms with Crippen LogP contribution in [0.4, 0.5) is 0 Å². The van der Waals surface area contributed by atoms with Crippen LogP contribution in [-0.2, 0) is 4.74 Å². The third kappa shape index (κ3) is 2.22. The molecule has 5 nitrogen and oxygen atoms in total. The van der Waals surface area contributed by atoms with Crippen LogP contribution in [0.5, 0.6) is 5.75 Å². The maximum absolute atomic E-state index is 9.42. The third-order valence-corrected chi connectivity index (χ3v) is 3.00. The monoisotopic (exact) mass is 246 g/mol. The number of phenols is 1. The second-order valence-electron chi connectivity index (χ2n) is 4.36. The van der Waals surface area contributed by atoms with E-state index in [-0.39, 0.29) is 11.9 Å². The van der Waals surface area contributed by atoms with Crippen LogP contribution in [0.2, 0.25) is 0 Å². The highest BCUT2D eigenvalue weighted by atomic mass is 16.5. The van der Waals surface area contributed by atoms with Crippen LogP contribution in [0.15, 0.2) is 28.8 Å². The number of nitrogens with zero attached hydrogens (tertiary/aromatic N) is 2. The molecule has 0 bridgehead atoms. The lowest BCUT2D eigenvalue weighted by atomic mass is 10.1. The molecule has 0 aliphatic carbocycles. The van der Waals surface area contributed by atoms with E-state index in [4.69, 9.17) is 9.26 Å². The first-order valence-electron chi connectivity index (χ1n) is 6.07. The first-order valence-corrected chi connectivity index (χ1v) is 6.07. The van der Waals surface area contributed by atoms with E-state index in [2.05, 4.69) is 10.1 Å². The summed E-state index contributed by atoms with van der Waals surface area (Å²) in [5, 5.41) is 13.3. The molecule has 1 unspecified atom stereocenters. The molecular weight excluding hydrogens is 232 g/mol. The van der Waals surface area contributed by atoms with Crippen LogP contribution in [0.1, 0.15) is 31.3 Å². The van der Waals surface area contributed by atoms with Gasteiger partial charge in [0.15, 0.2) is 0 Å². The molecule has 0 saturated carbocycles. The molecular formula is C13H14N2O3. The topological polar surface area (TPSA) is 68.4 Å². The highest BCUT2D eigenvalue weighted by Crippen LogP contribution is 2.28. The predicted molar refractivity (Wildman–Crippen MR) is 63.9 cm³/mol. The largest absolute Gasteiger partial charge is 0.508 e. The summed E-state index contributed by atoms with van der Waals surface area (Å²) in [6.07, 6.45) is 3.04. The summed E-state index contributed by atoms with van der Waals surface area (Å²) in [5.74, 6) is 1.19. The van der Waals surface area contributed by atoms with E-state index < -0.39 is 0 Å². The molecule has 1 saturated heterocycles. The zero-order chi connectivity index (χ0) is 12.4. The van der Waals surface area contributed by atoms with Crippen LogP contribution in [0.25, 0.3) is 11.4 Å². The molecule has 1 aromatic heterocycles. The highest BCUT2D eigenvalue weighted by Gasteiger charge is 2.22. The van der Waals surface area contributed by atoms with Gasteiger partial charge < -0.3 is 14.4 Å². The van der Waals surface area contributed by atoms with Crippen LogP contribution in [0, 0.1) is 0 Å². The van der Waals surface area contributed by atoms with E-state index in [9.17, 15) is 5.11 Å². The summed E-state index contributed by atoms with van der Waals surface area (Å²) < 4.78 is 10.8. The SMILES string of the molecule is Oc1cccc(-c2noc(C3CCCCO3)n2)c1. The first kappa shape index (κ1) is 11.2. The summed E-state index contributed by atoms with van der Waals surface area (Å²) in [7, 11) is 0.